The SMILES string of the molecule is COC(=O)c1ccc(CC(C)N2CCOC(c3ccccc3)C2)cc1.Cl. The van der Waals surface area contributed by atoms with E-state index in [1.165, 1.54) is 18.2 Å². The van der Waals surface area contributed by atoms with Crippen LogP contribution in [0.15, 0.2) is 54.6 Å². The van der Waals surface area contributed by atoms with Crippen molar-refractivity contribution in [3.05, 3.63) is 71.3 Å². The first-order valence-electron chi connectivity index (χ1n) is 8.75. The van der Waals surface area contributed by atoms with Gasteiger partial charge in [-0.2, -0.15) is 0 Å². The van der Waals surface area contributed by atoms with Gasteiger partial charge in [-0.15, -0.1) is 12.4 Å². The topological polar surface area (TPSA) is 38.8 Å². The molecule has 1 aliphatic heterocycles. The first-order valence-corrected chi connectivity index (χ1v) is 8.75. The van der Waals surface area contributed by atoms with Gasteiger partial charge in [-0.25, -0.2) is 4.79 Å². The van der Waals surface area contributed by atoms with Crippen molar-refractivity contribution in [1.29, 1.82) is 0 Å². The average Bonchev–Trinajstić information content (AvgIpc) is 2.68. The monoisotopic (exact) mass is 375 g/mol. The zero-order valence-electron chi connectivity index (χ0n) is 15.3. The van der Waals surface area contributed by atoms with Crippen LogP contribution in [0.5, 0.6) is 0 Å². The third-order valence-corrected chi connectivity index (χ3v) is 4.80. The number of hydrogen-bond donors (Lipinski definition) is 0. The van der Waals surface area contributed by atoms with E-state index in [0.29, 0.717) is 11.6 Å². The number of nitrogens with zero attached hydrogens (tertiary/aromatic N) is 1. The molecule has 3 rings (SSSR count). The minimum atomic E-state index is -0.293. The fourth-order valence-electron chi connectivity index (χ4n) is 3.30. The van der Waals surface area contributed by atoms with Gasteiger partial charge < -0.3 is 9.47 Å². The second kappa shape index (κ2) is 9.72. The van der Waals surface area contributed by atoms with E-state index < -0.39 is 0 Å². The molecular weight excluding hydrogens is 350 g/mol. The van der Waals surface area contributed by atoms with E-state index in [-0.39, 0.29) is 24.5 Å². The van der Waals surface area contributed by atoms with Crippen molar-refractivity contribution < 1.29 is 14.3 Å². The molecule has 1 heterocycles. The van der Waals surface area contributed by atoms with Gasteiger partial charge in [-0.05, 0) is 36.6 Å². The molecule has 4 nitrogen and oxygen atoms in total. The average molecular weight is 376 g/mol. The summed E-state index contributed by atoms with van der Waals surface area (Å²) in [6, 6.07) is 18.5. The maximum absolute atomic E-state index is 11.5. The van der Waals surface area contributed by atoms with Crippen molar-refractivity contribution >= 4 is 18.4 Å². The van der Waals surface area contributed by atoms with Crippen LogP contribution in [-0.2, 0) is 15.9 Å². The summed E-state index contributed by atoms with van der Waals surface area (Å²) in [5.41, 5.74) is 3.05. The van der Waals surface area contributed by atoms with Crippen molar-refractivity contribution in [2.24, 2.45) is 0 Å². The van der Waals surface area contributed by atoms with Crippen LogP contribution in [0.4, 0.5) is 0 Å². The number of rotatable bonds is 5. The van der Waals surface area contributed by atoms with Crippen LogP contribution >= 0.6 is 12.4 Å². The number of carbonyl (C=O) groups excluding carboxylic acids is 1. The van der Waals surface area contributed by atoms with Gasteiger partial charge in [0, 0.05) is 19.1 Å². The van der Waals surface area contributed by atoms with Crippen molar-refractivity contribution in [3.63, 3.8) is 0 Å². The van der Waals surface area contributed by atoms with E-state index in [4.69, 9.17) is 9.47 Å². The molecule has 0 aliphatic carbocycles. The Bertz CT molecular complexity index is 690. The van der Waals surface area contributed by atoms with E-state index in [1.54, 1.807) is 0 Å². The number of halogens is 1. The lowest BCUT2D eigenvalue weighted by Gasteiger charge is -2.37. The number of ether oxygens (including phenoxy) is 2. The Morgan fingerprint density at radius 1 is 1.19 bits per heavy atom. The highest BCUT2D eigenvalue weighted by atomic mass is 35.5. The molecule has 2 atom stereocenters. The second-order valence-corrected chi connectivity index (χ2v) is 6.51. The predicted molar refractivity (Wildman–Crippen MR) is 105 cm³/mol. The smallest absolute Gasteiger partial charge is 0.337 e. The standard InChI is InChI=1S/C21H25NO3.ClH/c1-16(14-17-8-10-19(11-9-17)21(23)24-2)22-12-13-25-20(15-22)18-6-4-3-5-7-18;/h3-11,16,20H,12-15H2,1-2H3;1H. The number of morpholine rings is 1. The highest BCUT2D eigenvalue weighted by Gasteiger charge is 2.25. The minimum absolute atomic E-state index is 0. The van der Waals surface area contributed by atoms with Crippen molar-refractivity contribution in [3.8, 4) is 0 Å². The fraction of sp³-hybridized carbons (Fsp3) is 0.381. The molecule has 140 valence electrons. The predicted octanol–water partition coefficient (Wildman–Crippen LogP) is 3.90. The normalized spacial score (nSPS) is 18.6. The van der Waals surface area contributed by atoms with Crippen molar-refractivity contribution in [1.82, 2.24) is 4.90 Å². The molecule has 1 fully saturated rings. The first kappa shape index (κ1) is 20.4. The summed E-state index contributed by atoms with van der Waals surface area (Å²) in [4.78, 5) is 14.0. The van der Waals surface area contributed by atoms with Crippen LogP contribution in [0.25, 0.3) is 0 Å². The number of benzene rings is 2. The zero-order chi connectivity index (χ0) is 17.6. The molecule has 2 aromatic carbocycles. The largest absolute Gasteiger partial charge is 0.465 e. The molecule has 0 spiro atoms. The summed E-state index contributed by atoms with van der Waals surface area (Å²) < 4.78 is 10.7. The van der Waals surface area contributed by atoms with Crippen molar-refractivity contribution in [2.75, 3.05) is 26.8 Å². The maximum atomic E-state index is 11.5. The second-order valence-electron chi connectivity index (χ2n) is 6.51. The van der Waals surface area contributed by atoms with Crippen LogP contribution in [0.2, 0.25) is 0 Å². The minimum Gasteiger partial charge on any atom is -0.465 e. The molecule has 0 amide bonds. The van der Waals surface area contributed by atoms with Crippen LogP contribution < -0.4 is 0 Å². The third kappa shape index (κ3) is 5.07. The lowest BCUT2D eigenvalue weighted by atomic mass is 10.0. The van der Waals surface area contributed by atoms with Crippen LogP contribution in [-0.4, -0.2) is 43.7 Å². The van der Waals surface area contributed by atoms with Gasteiger partial charge in [-0.1, -0.05) is 42.5 Å². The van der Waals surface area contributed by atoms with E-state index in [1.807, 2.05) is 30.3 Å². The summed E-state index contributed by atoms with van der Waals surface area (Å²) >= 11 is 0. The van der Waals surface area contributed by atoms with Gasteiger partial charge in [-0.3, -0.25) is 4.90 Å². The molecule has 1 saturated heterocycles. The molecular formula is C21H26ClNO3. The highest BCUT2D eigenvalue weighted by molar-refractivity contribution is 5.89. The van der Waals surface area contributed by atoms with Gasteiger partial charge in [0.05, 0.1) is 25.4 Å². The first-order chi connectivity index (χ1) is 12.2. The third-order valence-electron chi connectivity index (χ3n) is 4.80. The molecule has 2 aromatic rings. The Kier molecular flexibility index (Phi) is 7.64. The summed E-state index contributed by atoms with van der Waals surface area (Å²) in [6.45, 7) is 4.86. The van der Waals surface area contributed by atoms with Gasteiger partial charge in [0.15, 0.2) is 0 Å². The lowest BCUT2D eigenvalue weighted by molar-refractivity contribution is -0.0424. The number of carbonyl (C=O) groups is 1. The molecule has 0 saturated carbocycles. The molecule has 0 bridgehead atoms. The summed E-state index contributed by atoms with van der Waals surface area (Å²) in [5.74, 6) is -0.293. The fourth-order valence-corrected chi connectivity index (χ4v) is 3.30. The maximum Gasteiger partial charge on any atom is 0.337 e. The van der Waals surface area contributed by atoms with Crippen molar-refractivity contribution in [2.45, 2.75) is 25.5 Å². The molecule has 1 aliphatic rings. The molecule has 0 aromatic heterocycles. The van der Waals surface area contributed by atoms with E-state index in [9.17, 15) is 4.79 Å². The van der Waals surface area contributed by atoms with Crippen LogP contribution in [0.1, 0.15) is 34.5 Å². The van der Waals surface area contributed by atoms with Crippen LogP contribution in [0, 0.1) is 0 Å². The molecule has 0 N–H and O–H groups in total. The quantitative estimate of drug-likeness (QED) is 0.743. The Morgan fingerprint density at radius 3 is 2.54 bits per heavy atom. The van der Waals surface area contributed by atoms with E-state index in [2.05, 4.69) is 36.1 Å². The van der Waals surface area contributed by atoms with Gasteiger partial charge in [0.25, 0.3) is 0 Å². The Balaban J connectivity index is 0.00000243. The summed E-state index contributed by atoms with van der Waals surface area (Å²) in [5, 5.41) is 0. The molecule has 5 heteroatoms. The molecule has 26 heavy (non-hydrogen) atoms. The van der Waals surface area contributed by atoms with Gasteiger partial charge in [0.2, 0.25) is 0 Å². The highest BCUT2D eigenvalue weighted by Crippen LogP contribution is 2.24. The molecule has 2 unspecified atom stereocenters. The molecule has 0 radical (unpaired) electrons. The Morgan fingerprint density at radius 2 is 1.88 bits per heavy atom. The van der Waals surface area contributed by atoms with Crippen LogP contribution in [0.3, 0.4) is 0 Å². The Labute approximate surface area is 161 Å². The van der Waals surface area contributed by atoms with Gasteiger partial charge >= 0.3 is 5.97 Å². The van der Waals surface area contributed by atoms with E-state index in [0.717, 1.165) is 26.1 Å². The zero-order valence-corrected chi connectivity index (χ0v) is 16.1. The lowest BCUT2D eigenvalue weighted by Crippen LogP contribution is -2.44. The number of methoxy groups -OCH3 is 1. The van der Waals surface area contributed by atoms with E-state index >= 15 is 0 Å². The summed E-state index contributed by atoms with van der Waals surface area (Å²) in [7, 11) is 1.40. The number of hydrogen-bond acceptors (Lipinski definition) is 4. The summed E-state index contributed by atoms with van der Waals surface area (Å²) in [6.07, 6.45) is 1.09. The Hall–Kier alpha value is -1.88. The van der Waals surface area contributed by atoms with Gasteiger partial charge in [0.1, 0.15) is 0 Å². The number of esters is 1.